The van der Waals surface area contributed by atoms with Gasteiger partial charge in [-0.15, -0.1) is 0 Å². The van der Waals surface area contributed by atoms with Gasteiger partial charge in [0.25, 0.3) is 0 Å². The van der Waals surface area contributed by atoms with Crippen molar-refractivity contribution in [1.82, 2.24) is 0 Å². The zero-order valence-electron chi connectivity index (χ0n) is 28.4. The third-order valence-electron chi connectivity index (χ3n) is 7.53. The quantitative estimate of drug-likeness (QED) is 0.219. The molecule has 0 aliphatic carbocycles. The van der Waals surface area contributed by atoms with Crippen LogP contribution in [0.3, 0.4) is 0 Å². The normalized spacial score (nSPS) is 21.1. The molecule has 4 atom stereocenters. The summed E-state index contributed by atoms with van der Waals surface area (Å²) in [5.41, 5.74) is 6.51. The molecule has 4 saturated heterocycles. The molecule has 4 unspecified atom stereocenters. The number of carbonyl (C=O) groups is 4. The summed E-state index contributed by atoms with van der Waals surface area (Å²) < 4.78 is 30.3. The minimum Gasteiger partial charge on any atom is -0.481 e. The summed E-state index contributed by atoms with van der Waals surface area (Å²) in [5.74, 6) is -2.36. The molecule has 2 aromatic rings. The molecule has 12 nitrogen and oxygen atoms in total. The molecule has 0 spiro atoms. The van der Waals surface area contributed by atoms with Crippen LogP contribution in [0.2, 0.25) is 0 Å². The molecule has 2 aromatic carbocycles. The number of carbonyl (C=O) groups excluding carboxylic acids is 2. The van der Waals surface area contributed by atoms with Gasteiger partial charge in [0.2, 0.25) is 0 Å². The van der Waals surface area contributed by atoms with Crippen LogP contribution in [-0.2, 0) is 60.8 Å². The molecule has 6 rings (SSSR count). The fraction of sp³-hybridized carbons (Fsp3) is 0.529. The molecule has 5 radical (unpaired) electrons. The van der Waals surface area contributed by atoms with E-state index < -0.39 is 11.9 Å². The Balaban J connectivity index is 0.000000337. The number of ether oxygens (including phenoxy) is 6. The topological polar surface area (TPSA) is 164 Å². The highest BCUT2D eigenvalue weighted by Crippen LogP contribution is 2.16. The molecule has 275 valence electrons. The van der Waals surface area contributed by atoms with Crippen LogP contribution in [0.5, 0.6) is 0 Å². The predicted octanol–water partition coefficient (Wildman–Crippen LogP) is 4.38. The van der Waals surface area contributed by atoms with Crippen molar-refractivity contribution in [2.45, 2.75) is 38.9 Å². The van der Waals surface area contributed by atoms with E-state index in [1.165, 1.54) is 5.03 Å². The molecule has 0 bridgehead atoms. The highest BCUT2D eigenvalue weighted by atomic mass is 127. The summed E-state index contributed by atoms with van der Waals surface area (Å²) in [6, 6.07) is 19.4. The summed E-state index contributed by atoms with van der Waals surface area (Å²) in [7, 11) is 4.71. The molecule has 4 fully saturated rings. The van der Waals surface area contributed by atoms with Gasteiger partial charge in [-0.25, -0.2) is 0 Å². The van der Waals surface area contributed by atoms with Gasteiger partial charge < -0.3 is 38.6 Å². The van der Waals surface area contributed by atoms with Crippen molar-refractivity contribution in [2.75, 3.05) is 52.9 Å². The van der Waals surface area contributed by atoms with Crippen molar-refractivity contribution >= 4 is 87.1 Å². The van der Waals surface area contributed by atoms with Crippen LogP contribution < -0.4 is 0 Å². The zero-order valence-corrected chi connectivity index (χ0v) is 32.8. The maximum Gasteiger partial charge on any atom is 0.311 e. The van der Waals surface area contributed by atoms with Crippen LogP contribution in [0.4, 0.5) is 0 Å². The fourth-order valence-electron chi connectivity index (χ4n) is 4.59. The second-order valence-electron chi connectivity index (χ2n) is 11.2. The van der Waals surface area contributed by atoms with E-state index in [0.717, 1.165) is 24.0 Å². The first-order chi connectivity index (χ1) is 24.7. The number of hydrogen-bond donors (Lipinski definition) is 2. The van der Waals surface area contributed by atoms with Crippen molar-refractivity contribution in [3.05, 3.63) is 71.8 Å². The van der Waals surface area contributed by atoms with E-state index >= 15 is 0 Å². The van der Waals surface area contributed by atoms with Gasteiger partial charge in [0.15, 0.2) is 5.70 Å². The van der Waals surface area contributed by atoms with Gasteiger partial charge in [0, 0.05) is 34.2 Å². The van der Waals surface area contributed by atoms with Gasteiger partial charge in [-0.3, -0.25) is 19.2 Å². The summed E-state index contributed by atoms with van der Waals surface area (Å²) in [5, 5.41) is 18.1. The summed E-state index contributed by atoms with van der Waals surface area (Å²) in [4.78, 5) is 43.3. The number of esters is 2. The van der Waals surface area contributed by atoms with Crippen LogP contribution in [-0.4, -0.2) is 105 Å². The highest BCUT2D eigenvalue weighted by molar-refractivity contribution is 14.1. The molecule has 4 heterocycles. The molecule has 4 aliphatic heterocycles. The van der Waals surface area contributed by atoms with E-state index in [1.54, 1.807) is 22.4 Å². The Kier molecular flexibility index (Phi) is 27.8. The smallest absolute Gasteiger partial charge is 0.311 e. The van der Waals surface area contributed by atoms with Crippen molar-refractivity contribution in [2.24, 2.45) is 23.7 Å². The monoisotopic (exact) mass is 931 g/mol. The van der Waals surface area contributed by atoms with Gasteiger partial charge in [-0.1, -0.05) is 60.7 Å². The van der Waals surface area contributed by atoms with E-state index in [0.29, 0.717) is 78.9 Å². The van der Waals surface area contributed by atoms with Crippen molar-refractivity contribution in [3.63, 3.8) is 0 Å². The lowest BCUT2D eigenvalue weighted by Crippen LogP contribution is -2.17. The van der Waals surface area contributed by atoms with Gasteiger partial charge >= 0.3 is 23.9 Å². The standard InChI is InChI=1S/2C12H14O3.2C5H8O3.B2I.BI/c2*13-12(11-6-7-14-9-11)15-8-10-4-2-1-3-5-10;2*6-5(7)4-1-2-8-3-4;1-2-3;1-2/h2*1-5,11H,6-9H2;2*4H,1-3H2,(H,6,7);;. The number of benzene rings is 2. The lowest BCUT2D eigenvalue weighted by atomic mass is 9.81. The van der Waals surface area contributed by atoms with Gasteiger partial charge in [-0.05, 0) is 36.8 Å². The number of halogens is 2. The van der Waals surface area contributed by atoms with Crippen LogP contribution >= 0.6 is 44.7 Å². The predicted molar refractivity (Wildman–Crippen MR) is 209 cm³/mol. The number of carboxylic acid groups (broad SMARTS) is 2. The van der Waals surface area contributed by atoms with E-state index in [4.69, 9.17) is 46.4 Å². The minimum atomic E-state index is -0.734. The van der Waals surface area contributed by atoms with Crippen LogP contribution in [0.15, 0.2) is 60.7 Å². The van der Waals surface area contributed by atoms with Crippen LogP contribution in [0.1, 0.15) is 36.8 Å². The minimum absolute atomic E-state index is 0.0614. The third-order valence-corrected chi connectivity index (χ3v) is 7.53. The second-order valence-corrected chi connectivity index (χ2v) is 12.0. The molecule has 17 heteroatoms. The van der Waals surface area contributed by atoms with E-state index in [1.807, 2.05) is 83.0 Å². The fourth-order valence-corrected chi connectivity index (χ4v) is 4.59. The summed E-state index contributed by atoms with van der Waals surface area (Å²) in [6.45, 7) is 5.09. The number of hydrogen-bond acceptors (Lipinski definition) is 10. The first-order valence-corrected chi connectivity index (χ1v) is 18.8. The number of rotatable bonds is 8. The average Bonchev–Trinajstić information content (AvgIpc) is 4.01. The maximum absolute atomic E-state index is 11.5. The third kappa shape index (κ3) is 21.8. The Hall–Kier alpha value is -2.19. The Bertz CT molecular complexity index is 1120. The van der Waals surface area contributed by atoms with Gasteiger partial charge in [0.1, 0.15) is 18.2 Å². The molecule has 0 saturated carbocycles. The Morgan fingerprint density at radius 3 is 1.10 bits per heavy atom. The van der Waals surface area contributed by atoms with Crippen LogP contribution in [0, 0.1) is 23.7 Å². The lowest BCUT2D eigenvalue weighted by Gasteiger charge is -2.08. The second kappa shape index (κ2) is 30.3. The van der Waals surface area contributed by atoms with E-state index in [9.17, 15) is 19.2 Å². The molecule has 0 amide bonds. The van der Waals surface area contributed by atoms with E-state index in [-0.39, 0.29) is 35.6 Å². The van der Waals surface area contributed by atoms with Crippen molar-refractivity contribution in [3.8, 4) is 0 Å². The average molecular weight is 931 g/mol. The van der Waals surface area contributed by atoms with E-state index in [2.05, 4.69) is 5.70 Å². The SMILES string of the molecule is O=C(O)C1CCOC1.O=C(O)C1CCOC1.O=C(OCc1ccccc1)C1CCOC1.O=C(OCc1ccccc1)C1CCOC1.[B]I.[B][B]I. The first-order valence-electron chi connectivity index (χ1n) is 16.3. The summed E-state index contributed by atoms with van der Waals surface area (Å²) in [6.07, 6.45) is 2.92. The summed E-state index contributed by atoms with van der Waals surface area (Å²) >= 11 is 3.59. The highest BCUT2D eigenvalue weighted by Gasteiger charge is 2.26. The molecule has 51 heavy (non-hydrogen) atoms. The largest absolute Gasteiger partial charge is 0.481 e. The molecule has 4 aliphatic rings. The van der Waals surface area contributed by atoms with Crippen LogP contribution in [0.25, 0.3) is 0 Å². The molecule has 2 N–H and O–H groups in total. The first kappa shape index (κ1) is 46.8. The molecular formula is C34H44B3I2O12. The molecular weight excluding hydrogens is 887 g/mol. The number of carboxylic acids is 2. The van der Waals surface area contributed by atoms with Gasteiger partial charge in [0.05, 0.1) is 50.1 Å². The van der Waals surface area contributed by atoms with Gasteiger partial charge in [-0.2, -0.15) is 44.7 Å². The number of aliphatic carboxylic acids is 2. The zero-order chi connectivity index (χ0) is 37.7. The van der Waals surface area contributed by atoms with Crippen molar-refractivity contribution < 1.29 is 57.8 Å². The Labute approximate surface area is 330 Å². The maximum atomic E-state index is 11.5. The molecule has 0 aromatic heterocycles. The lowest BCUT2D eigenvalue weighted by molar-refractivity contribution is -0.150. The Morgan fingerprint density at radius 2 is 0.882 bits per heavy atom. The van der Waals surface area contributed by atoms with Crippen molar-refractivity contribution in [1.29, 1.82) is 0 Å². The Morgan fingerprint density at radius 1 is 0.608 bits per heavy atom.